The first-order valence-corrected chi connectivity index (χ1v) is 44.5. The average molecular weight is 1840 g/mol. The van der Waals surface area contributed by atoms with E-state index in [1.54, 1.807) is 0 Å². The Kier molecular flexibility index (Phi) is 21.0. The number of nitrogens with zero attached hydrogens (tertiary/aromatic N) is 3. The molecule has 2 aliphatic carbocycles. The molecule has 19 aromatic rings. The lowest BCUT2D eigenvalue weighted by Gasteiger charge is -2.28. The Morgan fingerprint density at radius 1 is 0.189 bits per heavy atom. The molecule has 0 heterocycles. The first-order chi connectivity index (χ1) is 67.2. The van der Waals surface area contributed by atoms with Crippen LogP contribution in [0.15, 0.2) is 498 Å². The first-order valence-electron chi connectivity index (χ1n) is 48.1. The van der Waals surface area contributed by atoms with Crippen molar-refractivity contribution in [1.29, 1.82) is 0 Å². The molecule has 0 atom stereocenters. The number of anilines is 11. The molecule has 0 fully saturated rings. The van der Waals surface area contributed by atoms with E-state index >= 15 is 0 Å². The van der Waals surface area contributed by atoms with Gasteiger partial charge in [-0.05, 0) is 281 Å². The van der Waals surface area contributed by atoms with Crippen molar-refractivity contribution in [2.75, 3.05) is 20.0 Å². The van der Waals surface area contributed by atoms with Crippen molar-refractivity contribution >= 4 is 110 Å². The van der Waals surface area contributed by atoms with Gasteiger partial charge in [0.15, 0.2) is 0 Å². The predicted octanol–water partition coefficient (Wildman–Crippen LogP) is 35.8. The van der Waals surface area contributed by atoms with Gasteiger partial charge in [0.2, 0.25) is 0 Å². The summed E-state index contributed by atoms with van der Waals surface area (Å²) in [5.41, 5.74) is 29.5. The minimum Gasteiger partial charge on any atom is -0.356 e. The maximum Gasteiger partial charge on any atom is 0.0645 e. The number of rotatable bonds is 17. The van der Waals surface area contributed by atoms with Crippen molar-refractivity contribution in [2.45, 2.75) is 38.5 Å². The van der Waals surface area contributed by atoms with Crippen molar-refractivity contribution in [3.63, 3.8) is 0 Å². The number of para-hydroxylation sites is 6. The van der Waals surface area contributed by atoms with Gasteiger partial charge in [0.25, 0.3) is 0 Å². The smallest absolute Gasteiger partial charge is 0.0645 e. The van der Waals surface area contributed by atoms with Crippen molar-refractivity contribution in [2.24, 2.45) is 0 Å². The number of fused-ring (bicyclic) bond motifs is 6. The molecule has 0 saturated carbocycles. The fourth-order valence-electron chi connectivity index (χ4n) is 16.7. The van der Waals surface area contributed by atoms with Gasteiger partial charge in [0.1, 0.15) is 0 Å². The molecular weight excluding hydrogens is 1740 g/mol. The van der Waals surface area contributed by atoms with Gasteiger partial charge in [-0.1, -0.05) is 391 Å². The Morgan fingerprint density at radius 2 is 0.433 bits per heavy atom. The summed E-state index contributed by atoms with van der Waals surface area (Å²) in [5.74, 6) is 0. The number of hydrogen-bond acceptors (Lipinski definition) is 4. The monoisotopic (exact) mass is 1840 g/mol. The van der Waals surface area contributed by atoms with Crippen LogP contribution in [0, 0.1) is 0 Å². The zero-order chi connectivity index (χ0) is 97.1. The summed E-state index contributed by atoms with van der Waals surface area (Å²) in [5, 5.41) is 3.50. The van der Waals surface area contributed by atoms with E-state index in [2.05, 4.69) is 291 Å². The third-order valence-corrected chi connectivity index (χ3v) is 24.5. The zero-order valence-electron chi connectivity index (χ0n) is 82.2. The van der Waals surface area contributed by atoms with Crippen LogP contribution in [0.25, 0.3) is 89.0 Å². The van der Waals surface area contributed by atoms with Crippen LogP contribution in [-0.4, -0.2) is 0 Å². The molecule has 0 aliphatic heterocycles. The van der Waals surface area contributed by atoms with Gasteiger partial charge in [-0.3, -0.25) is 0 Å². The minimum atomic E-state index is -0.248. The van der Waals surface area contributed by atoms with E-state index in [1.165, 1.54) is 38.9 Å². The third kappa shape index (κ3) is 18.8. The maximum atomic E-state index is 9.41. The topological polar surface area (TPSA) is 21.8 Å². The molecule has 2 aliphatic rings. The lowest BCUT2D eigenvalue weighted by atomic mass is 9.82. The molecule has 0 saturated heterocycles. The Bertz CT molecular complexity index is 7540. The van der Waals surface area contributed by atoms with Gasteiger partial charge >= 0.3 is 0 Å². The van der Waals surface area contributed by atoms with Crippen LogP contribution in [-0.2, 0) is 10.8 Å². The molecule has 1 N–H and O–H groups in total. The second-order valence-electron chi connectivity index (χ2n) is 31.9. The molecule has 0 amide bonds. The van der Waals surface area contributed by atoms with Crippen LogP contribution in [0.4, 0.5) is 62.6 Å². The summed E-state index contributed by atoms with van der Waals surface area (Å²) in [6.07, 6.45) is 0. The summed E-state index contributed by atoms with van der Waals surface area (Å²) in [6, 6.07) is 138. The van der Waals surface area contributed by atoms with E-state index in [1.807, 2.05) is 217 Å². The second-order valence-corrected chi connectivity index (χ2v) is 34.4. The summed E-state index contributed by atoms with van der Waals surface area (Å²) < 4.78 is 104. The molecule has 0 bridgehead atoms. The molecule has 0 aromatic heterocycles. The van der Waals surface area contributed by atoms with E-state index in [0.29, 0.717) is 27.8 Å². The van der Waals surface area contributed by atoms with Gasteiger partial charge < -0.3 is 20.0 Å². The molecule has 0 radical (unpaired) electrons. The fraction of sp³-hybridized carbons (Fsp3) is 0.0500. The molecule has 21 rings (SSSR count). The highest BCUT2D eigenvalue weighted by Crippen LogP contribution is 2.53. The summed E-state index contributed by atoms with van der Waals surface area (Å²) >= 11 is 9.69. The summed E-state index contributed by atoms with van der Waals surface area (Å²) in [4.78, 5) is 6.30. The second kappa shape index (κ2) is 38.1. The first kappa shape index (κ1) is 70.1. The zero-order valence-corrected chi connectivity index (χ0v) is 75.0. The molecule has 7 heteroatoms. The Labute approximate surface area is 789 Å². The van der Waals surface area contributed by atoms with Crippen LogP contribution in [0.1, 0.15) is 66.4 Å². The largest absolute Gasteiger partial charge is 0.356 e. The summed E-state index contributed by atoms with van der Waals surface area (Å²) in [6.45, 7) is 9.07. The molecule has 614 valence electrons. The number of halogens is 3. The van der Waals surface area contributed by atoms with Gasteiger partial charge in [-0.25, -0.2) is 0 Å². The van der Waals surface area contributed by atoms with Crippen molar-refractivity contribution in [3.05, 3.63) is 521 Å². The van der Waals surface area contributed by atoms with Crippen LogP contribution in [0.2, 0.25) is 0 Å². The quantitative estimate of drug-likeness (QED) is 0.0981. The van der Waals surface area contributed by atoms with Gasteiger partial charge in [-0.2, -0.15) is 0 Å². The van der Waals surface area contributed by atoms with Crippen LogP contribution >= 0.6 is 47.8 Å². The van der Waals surface area contributed by atoms with Crippen LogP contribution in [0.3, 0.4) is 0 Å². The number of benzene rings is 19. The lowest BCUT2D eigenvalue weighted by Crippen LogP contribution is -2.16. The molecule has 4 nitrogen and oxygen atoms in total. The maximum absolute atomic E-state index is 9.41. The third-order valence-electron chi connectivity index (χ3n) is 23.2. The van der Waals surface area contributed by atoms with Gasteiger partial charge in [-0.15, -0.1) is 0 Å². The molecule has 127 heavy (non-hydrogen) atoms. The highest BCUT2D eigenvalue weighted by Gasteiger charge is 2.37. The normalized spacial score (nSPS) is 13.3. The summed E-state index contributed by atoms with van der Waals surface area (Å²) in [7, 11) is 0. The van der Waals surface area contributed by atoms with E-state index in [9.17, 15) is 5.48 Å². The number of nitrogens with one attached hydrogen (secondary N) is 1. The Hall–Kier alpha value is -14.2. The van der Waals surface area contributed by atoms with Gasteiger partial charge in [0, 0.05) is 86.8 Å². The van der Waals surface area contributed by atoms with Crippen molar-refractivity contribution in [3.8, 4) is 89.0 Å². The highest BCUT2D eigenvalue weighted by atomic mass is 79.9. The van der Waals surface area contributed by atoms with E-state index in [-0.39, 0.29) is 104 Å². The van der Waals surface area contributed by atoms with E-state index in [0.717, 1.165) is 100 Å². The standard InChI is InChI=1S/C51H40N2.C30H22BrN.C21H19N.C18H12Br2/c1-51(2)49-21-13-12-20-47(49)48-35-34-46(36-50(48)51)53(43-18-10-5-11-19-43)45-32-28-40(29-33-45)38-24-22-37(23-25-38)39-26-30-44(31-27-39)52(41-14-6-3-7-15-41)42-16-8-4-9-17-42;31-27-19-15-25(16-20-27)23-11-13-24(14-12-23)26-17-21-30(22-18-26)32(28-7-3-1-4-8-28)29-9-5-2-6-10-29;1-21(2)19-11-7-6-10-17(19)18-13-12-16(14-20(18)21)22-15-8-4-3-5-9-15;19-17-9-5-15(6-10-17)13-1-2-14(4-3-13)16-7-11-18(20)12-8-16/h3-36H,1-2H3;1-22H;3-14,22H,1-2H3;1-12H/i28D,29D,32D,33D;15D,16D,19D,20D;;5D,6D,9D,10D. The molecular formula is C120H93Br3N4. The number of hydrogen-bond donors (Lipinski definition) is 1. The molecule has 0 spiro atoms. The van der Waals surface area contributed by atoms with Crippen LogP contribution < -0.4 is 20.0 Å². The van der Waals surface area contributed by atoms with Crippen molar-refractivity contribution < 1.29 is 16.4 Å². The molecule has 0 unspecified atom stereocenters. The van der Waals surface area contributed by atoms with Gasteiger partial charge in [0.05, 0.1) is 16.4 Å². The van der Waals surface area contributed by atoms with Crippen LogP contribution in [0.5, 0.6) is 0 Å². The Morgan fingerprint density at radius 3 is 0.780 bits per heavy atom. The Balaban J connectivity index is 0.000000133. The van der Waals surface area contributed by atoms with Crippen molar-refractivity contribution in [1.82, 2.24) is 0 Å². The highest BCUT2D eigenvalue weighted by molar-refractivity contribution is 9.11. The average Bonchev–Trinajstić information content (AvgIpc) is 1.68. The predicted molar refractivity (Wildman–Crippen MR) is 550 cm³/mol. The van der Waals surface area contributed by atoms with E-state index in [4.69, 9.17) is 11.0 Å². The fourth-order valence-corrected chi connectivity index (χ4v) is 17.3. The molecule has 19 aromatic carbocycles. The lowest BCUT2D eigenvalue weighted by molar-refractivity contribution is 0.660. The van der Waals surface area contributed by atoms with E-state index < -0.39 is 0 Å². The minimum absolute atomic E-state index is 0.0423. The SMILES string of the molecule is CC1(C)c2ccccc2-c2ccc(Nc3ccccc3)cc21.[2H]c1c([2H])c(-c2ccc(-c3ccc(Br)cc3)cc2)c([2H])c([2H])c1Br.[2H]c1c([2H])c(-c2ccc(-c3ccc(N(c4ccccc4)c4ccccc4)cc3)cc2)c([2H])c([2H])c1Br.[2H]c1c([2H])c(N(c2ccccc2)c2ccc3c(c2)C(C)(C)c2ccccc2-3)c([2H])c([2H])c1-c1ccc(-c2ccc(N(c3ccccc3)c3ccccc3)cc2)cc1.